The van der Waals surface area contributed by atoms with Crippen molar-refractivity contribution >= 4 is 12.6 Å². The molecule has 4 heteroatoms. The highest BCUT2D eigenvalue weighted by Gasteiger charge is 2.01. The van der Waals surface area contributed by atoms with Gasteiger partial charge in [0.1, 0.15) is 0 Å². The first-order valence-electron chi connectivity index (χ1n) is 4.99. The lowest BCUT2D eigenvalue weighted by atomic mass is 10.1. The van der Waals surface area contributed by atoms with Crippen molar-refractivity contribution in [3.05, 3.63) is 35.4 Å². The van der Waals surface area contributed by atoms with E-state index in [2.05, 4.69) is 17.9 Å². The summed E-state index contributed by atoms with van der Waals surface area (Å²) in [5.41, 5.74) is 0.812. The maximum atomic E-state index is 12.8. The smallest absolute Gasteiger partial charge is 0.159 e. The van der Waals surface area contributed by atoms with Gasteiger partial charge in [0.15, 0.2) is 11.6 Å². The summed E-state index contributed by atoms with van der Waals surface area (Å²) in [5, 5.41) is 3.20. The molecule has 0 atom stereocenters. The fourth-order valence-electron chi connectivity index (χ4n) is 1.26. The summed E-state index contributed by atoms with van der Waals surface area (Å²) in [6, 6.07) is 4.02. The van der Waals surface area contributed by atoms with E-state index in [9.17, 15) is 8.78 Å². The lowest BCUT2D eigenvalue weighted by Crippen LogP contribution is -2.18. The van der Waals surface area contributed by atoms with E-state index in [0.717, 1.165) is 30.8 Å². The van der Waals surface area contributed by atoms with Gasteiger partial charge in [0.05, 0.1) is 0 Å². The summed E-state index contributed by atoms with van der Waals surface area (Å²) < 4.78 is 25.4. The van der Waals surface area contributed by atoms with E-state index < -0.39 is 11.6 Å². The summed E-state index contributed by atoms with van der Waals surface area (Å²) in [7, 11) is 0. The van der Waals surface area contributed by atoms with E-state index in [1.165, 1.54) is 12.1 Å². The summed E-state index contributed by atoms with van der Waals surface area (Å²) >= 11 is 4.09. The Kier molecular flexibility index (Phi) is 5.65. The van der Waals surface area contributed by atoms with Gasteiger partial charge < -0.3 is 5.32 Å². The van der Waals surface area contributed by atoms with Crippen molar-refractivity contribution in [2.24, 2.45) is 0 Å². The van der Waals surface area contributed by atoms with Crippen LogP contribution in [0.15, 0.2) is 18.2 Å². The molecule has 15 heavy (non-hydrogen) atoms. The predicted molar refractivity (Wildman–Crippen MR) is 61.4 cm³/mol. The first-order chi connectivity index (χ1) is 7.24. The highest BCUT2D eigenvalue weighted by molar-refractivity contribution is 7.80. The van der Waals surface area contributed by atoms with Gasteiger partial charge in [-0.05, 0) is 49.4 Å². The maximum Gasteiger partial charge on any atom is 0.159 e. The molecule has 1 aromatic carbocycles. The molecule has 1 aromatic rings. The van der Waals surface area contributed by atoms with Crippen LogP contribution >= 0.6 is 12.6 Å². The van der Waals surface area contributed by atoms with Crippen LogP contribution in [0.1, 0.15) is 12.0 Å². The zero-order valence-electron chi connectivity index (χ0n) is 8.47. The van der Waals surface area contributed by atoms with E-state index in [-0.39, 0.29) is 0 Å². The number of hydrogen-bond acceptors (Lipinski definition) is 2. The lowest BCUT2D eigenvalue weighted by Gasteiger charge is -2.04. The van der Waals surface area contributed by atoms with E-state index in [1.54, 1.807) is 6.07 Å². The van der Waals surface area contributed by atoms with Crippen molar-refractivity contribution < 1.29 is 8.78 Å². The van der Waals surface area contributed by atoms with Crippen molar-refractivity contribution in [1.29, 1.82) is 0 Å². The normalized spacial score (nSPS) is 10.6. The van der Waals surface area contributed by atoms with Gasteiger partial charge in [0, 0.05) is 0 Å². The van der Waals surface area contributed by atoms with Crippen LogP contribution in [0, 0.1) is 11.6 Å². The third-order valence-corrected chi connectivity index (χ3v) is 2.40. The van der Waals surface area contributed by atoms with Crippen molar-refractivity contribution in [2.75, 3.05) is 18.8 Å². The molecule has 1 rings (SSSR count). The van der Waals surface area contributed by atoms with E-state index >= 15 is 0 Å². The molecule has 84 valence electrons. The van der Waals surface area contributed by atoms with Gasteiger partial charge in [0.25, 0.3) is 0 Å². The van der Waals surface area contributed by atoms with Gasteiger partial charge in [-0.15, -0.1) is 0 Å². The van der Waals surface area contributed by atoms with Crippen LogP contribution in [0.4, 0.5) is 8.78 Å². The maximum absolute atomic E-state index is 12.8. The third kappa shape index (κ3) is 4.62. The van der Waals surface area contributed by atoms with Crippen LogP contribution in [0.3, 0.4) is 0 Å². The van der Waals surface area contributed by atoms with Crippen LogP contribution < -0.4 is 5.32 Å². The Morgan fingerprint density at radius 2 is 1.93 bits per heavy atom. The van der Waals surface area contributed by atoms with Gasteiger partial charge >= 0.3 is 0 Å². The van der Waals surface area contributed by atoms with Gasteiger partial charge in [-0.2, -0.15) is 12.6 Å². The molecule has 0 unspecified atom stereocenters. The van der Waals surface area contributed by atoms with E-state index in [1.807, 2.05) is 0 Å². The van der Waals surface area contributed by atoms with Crippen LogP contribution in [0.5, 0.6) is 0 Å². The third-order valence-electron chi connectivity index (χ3n) is 2.09. The van der Waals surface area contributed by atoms with Crippen molar-refractivity contribution in [3.63, 3.8) is 0 Å². The number of halogens is 2. The first kappa shape index (κ1) is 12.5. The van der Waals surface area contributed by atoms with E-state index in [0.29, 0.717) is 6.42 Å². The highest BCUT2D eigenvalue weighted by atomic mass is 32.1. The van der Waals surface area contributed by atoms with Crippen LogP contribution in [0.25, 0.3) is 0 Å². The largest absolute Gasteiger partial charge is 0.316 e. The zero-order chi connectivity index (χ0) is 11.1. The highest BCUT2D eigenvalue weighted by Crippen LogP contribution is 2.08. The van der Waals surface area contributed by atoms with Crippen molar-refractivity contribution in [2.45, 2.75) is 12.8 Å². The summed E-state index contributed by atoms with van der Waals surface area (Å²) in [6.07, 6.45) is 1.73. The molecule has 0 spiro atoms. The second-order valence-corrected chi connectivity index (χ2v) is 3.77. The van der Waals surface area contributed by atoms with Gasteiger partial charge in [0.2, 0.25) is 0 Å². The minimum atomic E-state index is -0.790. The summed E-state index contributed by atoms with van der Waals surface area (Å²) in [4.78, 5) is 0. The van der Waals surface area contributed by atoms with Gasteiger partial charge in [-0.25, -0.2) is 8.78 Å². The molecule has 0 aliphatic carbocycles. The molecule has 1 nitrogen and oxygen atoms in total. The number of rotatable bonds is 6. The second-order valence-electron chi connectivity index (χ2n) is 3.33. The molecule has 0 bridgehead atoms. The second kappa shape index (κ2) is 6.80. The Morgan fingerprint density at radius 3 is 2.60 bits per heavy atom. The van der Waals surface area contributed by atoms with Crippen LogP contribution in [-0.2, 0) is 6.42 Å². The molecule has 0 aliphatic heterocycles. The Hall–Kier alpha value is -0.610. The fourth-order valence-corrected chi connectivity index (χ4v) is 1.42. The fraction of sp³-hybridized carbons (Fsp3) is 0.455. The van der Waals surface area contributed by atoms with E-state index in [4.69, 9.17) is 0 Å². The Morgan fingerprint density at radius 1 is 1.13 bits per heavy atom. The van der Waals surface area contributed by atoms with Crippen molar-refractivity contribution in [1.82, 2.24) is 5.32 Å². The van der Waals surface area contributed by atoms with Gasteiger partial charge in [-0.1, -0.05) is 6.07 Å². The zero-order valence-corrected chi connectivity index (χ0v) is 9.37. The lowest BCUT2D eigenvalue weighted by molar-refractivity contribution is 0.506. The Labute approximate surface area is 94.3 Å². The van der Waals surface area contributed by atoms with Crippen LogP contribution in [-0.4, -0.2) is 18.8 Å². The summed E-state index contributed by atoms with van der Waals surface area (Å²) in [5.74, 6) is -0.706. The monoisotopic (exact) mass is 231 g/mol. The Bertz CT molecular complexity index is 305. The molecule has 0 fully saturated rings. The molecular formula is C11H15F2NS. The first-order valence-corrected chi connectivity index (χ1v) is 5.63. The SMILES string of the molecule is Fc1ccc(CCNCCCS)cc1F. The molecule has 0 saturated carbocycles. The quantitative estimate of drug-likeness (QED) is 0.566. The number of benzene rings is 1. The topological polar surface area (TPSA) is 12.0 Å². The summed E-state index contributed by atoms with van der Waals surface area (Å²) in [6.45, 7) is 1.69. The molecule has 1 N–H and O–H groups in total. The number of nitrogens with one attached hydrogen (secondary N) is 1. The average Bonchev–Trinajstić information content (AvgIpc) is 2.23. The standard InChI is InChI=1S/C11H15F2NS/c12-10-3-2-9(8-11(10)13)4-6-14-5-1-7-15/h2-3,8,14-15H,1,4-7H2. The molecular weight excluding hydrogens is 216 g/mol. The Balaban J connectivity index is 2.28. The molecule has 0 aliphatic rings. The van der Waals surface area contributed by atoms with Crippen LogP contribution in [0.2, 0.25) is 0 Å². The number of hydrogen-bond donors (Lipinski definition) is 2. The minimum absolute atomic E-state index is 0.712. The molecule has 0 heterocycles. The van der Waals surface area contributed by atoms with Gasteiger partial charge in [-0.3, -0.25) is 0 Å². The minimum Gasteiger partial charge on any atom is -0.316 e. The molecule has 0 aromatic heterocycles. The number of thiol groups is 1. The molecule has 0 saturated heterocycles. The average molecular weight is 231 g/mol. The van der Waals surface area contributed by atoms with Crippen molar-refractivity contribution in [3.8, 4) is 0 Å². The molecule has 0 amide bonds. The predicted octanol–water partition coefficient (Wildman–Crippen LogP) is 2.42. The molecule has 0 radical (unpaired) electrons.